The maximum atomic E-state index is 12.8. The van der Waals surface area contributed by atoms with Crippen LogP contribution in [0.25, 0.3) is 0 Å². The molecule has 3 rings (SSSR count). The summed E-state index contributed by atoms with van der Waals surface area (Å²) >= 11 is 3.41. The summed E-state index contributed by atoms with van der Waals surface area (Å²) in [7, 11) is 0. The minimum atomic E-state index is -0.296. The van der Waals surface area contributed by atoms with Gasteiger partial charge < -0.3 is 14.2 Å². The lowest BCUT2D eigenvalue weighted by Crippen LogP contribution is -2.15. The number of rotatable bonds is 2. The highest BCUT2D eigenvalue weighted by atomic mass is 79.9. The van der Waals surface area contributed by atoms with Crippen molar-refractivity contribution >= 4 is 15.9 Å². The molecule has 3 nitrogen and oxygen atoms in total. The van der Waals surface area contributed by atoms with Crippen molar-refractivity contribution in [3.8, 4) is 23.0 Å². The smallest absolute Gasteiger partial charge is 0.175 e. The van der Waals surface area contributed by atoms with Crippen LogP contribution in [0.15, 0.2) is 40.9 Å². The Morgan fingerprint density at radius 1 is 1.00 bits per heavy atom. The minimum absolute atomic E-state index is 0.296. The van der Waals surface area contributed by atoms with Crippen LogP contribution >= 0.6 is 15.9 Å². The lowest BCUT2D eigenvalue weighted by atomic mass is 10.3. The second-order valence-electron chi connectivity index (χ2n) is 3.99. The predicted molar refractivity (Wildman–Crippen MR) is 71.6 cm³/mol. The standard InChI is InChI=1S/C14H10BrFO3/c15-12-7-11(8-13-14(12)18-6-5-17-13)19-10-3-1-9(16)2-4-10/h1-4,7-8H,5-6H2. The van der Waals surface area contributed by atoms with E-state index in [4.69, 9.17) is 14.2 Å². The van der Waals surface area contributed by atoms with Gasteiger partial charge in [0.1, 0.15) is 30.5 Å². The molecule has 98 valence electrons. The van der Waals surface area contributed by atoms with E-state index in [1.807, 2.05) is 0 Å². The molecule has 1 aliphatic heterocycles. The van der Waals surface area contributed by atoms with Crippen molar-refractivity contribution in [1.29, 1.82) is 0 Å². The van der Waals surface area contributed by atoms with E-state index in [-0.39, 0.29) is 5.82 Å². The van der Waals surface area contributed by atoms with Crippen molar-refractivity contribution < 1.29 is 18.6 Å². The van der Waals surface area contributed by atoms with Crippen LogP contribution in [-0.2, 0) is 0 Å². The molecule has 0 atom stereocenters. The summed E-state index contributed by atoms with van der Waals surface area (Å²) in [6, 6.07) is 9.38. The van der Waals surface area contributed by atoms with Gasteiger partial charge in [-0.25, -0.2) is 4.39 Å². The largest absolute Gasteiger partial charge is 0.486 e. The summed E-state index contributed by atoms with van der Waals surface area (Å²) in [5.74, 6) is 2.18. The molecule has 0 aromatic heterocycles. The Bertz CT molecular complexity index is 598. The van der Waals surface area contributed by atoms with Gasteiger partial charge in [-0.15, -0.1) is 0 Å². The zero-order valence-electron chi connectivity index (χ0n) is 9.86. The summed E-state index contributed by atoms with van der Waals surface area (Å²) in [6.07, 6.45) is 0. The molecule has 0 saturated carbocycles. The van der Waals surface area contributed by atoms with Gasteiger partial charge in [-0.2, -0.15) is 0 Å². The van der Waals surface area contributed by atoms with Crippen LogP contribution in [0, 0.1) is 5.82 Å². The van der Waals surface area contributed by atoms with Crippen LogP contribution in [0.5, 0.6) is 23.0 Å². The summed E-state index contributed by atoms with van der Waals surface area (Å²) in [4.78, 5) is 0. The van der Waals surface area contributed by atoms with Crippen LogP contribution in [-0.4, -0.2) is 13.2 Å². The Kier molecular flexibility index (Phi) is 3.29. The van der Waals surface area contributed by atoms with Crippen molar-refractivity contribution in [3.05, 3.63) is 46.7 Å². The molecule has 0 bridgehead atoms. The van der Waals surface area contributed by atoms with Gasteiger partial charge in [0.05, 0.1) is 4.47 Å². The fourth-order valence-electron chi connectivity index (χ4n) is 1.78. The highest BCUT2D eigenvalue weighted by molar-refractivity contribution is 9.10. The quantitative estimate of drug-likeness (QED) is 0.830. The third-order valence-electron chi connectivity index (χ3n) is 2.62. The van der Waals surface area contributed by atoms with Crippen molar-refractivity contribution in [2.45, 2.75) is 0 Å². The zero-order chi connectivity index (χ0) is 13.2. The topological polar surface area (TPSA) is 27.7 Å². The van der Waals surface area contributed by atoms with E-state index in [1.54, 1.807) is 24.3 Å². The third kappa shape index (κ3) is 2.66. The average molecular weight is 325 g/mol. The number of fused-ring (bicyclic) bond motifs is 1. The van der Waals surface area contributed by atoms with Gasteiger partial charge in [0.25, 0.3) is 0 Å². The Morgan fingerprint density at radius 3 is 2.53 bits per heavy atom. The Hall–Kier alpha value is -1.75. The first-order valence-corrected chi connectivity index (χ1v) is 6.54. The predicted octanol–water partition coefficient (Wildman–Crippen LogP) is 4.15. The fourth-order valence-corrected chi connectivity index (χ4v) is 2.32. The summed E-state index contributed by atoms with van der Waals surface area (Å²) in [6.45, 7) is 1.04. The van der Waals surface area contributed by atoms with Crippen LogP contribution < -0.4 is 14.2 Å². The molecule has 0 fully saturated rings. The van der Waals surface area contributed by atoms with Gasteiger partial charge in [-0.3, -0.25) is 0 Å². The molecule has 19 heavy (non-hydrogen) atoms. The molecule has 2 aromatic carbocycles. The molecule has 0 spiro atoms. The molecule has 0 aliphatic carbocycles. The highest BCUT2D eigenvalue weighted by Crippen LogP contribution is 2.41. The maximum Gasteiger partial charge on any atom is 0.175 e. The number of hydrogen-bond donors (Lipinski definition) is 0. The Morgan fingerprint density at radius 2 is 1.74 bits per heavy atom. The van der Waals surface area contributed by atoms with Crippen LogP contribution in [0.1, 0.15) is 0 Å². The molecule has 0 amide bonds. The number of benzene rings is 2. The summed E-state index contributed by atoms with van der Waals surface area (Å²) in [5, 5.41) is 0. The Labute approximate surface area is 118 Å². The molecule has 5 heteroatoms. The highest BCUT2D eigenvalue weighted by Gasteiger charge is 2.17. The van der Waals surface area contributed by atoms with Gasteiger partial charge in [-0.1, -0.05) is 0 Å². The van der Waals surface area contributed by atoms with Gasteiger partial charge in [0.2, 0.25) is 0 Å². The van der Waals surface area contributed by atoms with E-state index in [9.17, 15) is 4.39 Å². The zero-order valence-corrected chi connectivity index (χ0v) is 11.4. The monoisotopic (exact) mass is 324 g/mol. The fraction of sp³-hybridized carbons (Fsp3) is 0.143. The maximum absolute atomic E-state index is 12.8. The normalized spacial score (nSPS) is 13.2. The Balaban J connectivity index is 1.89. The summed E-state index contributed by atoms with van der Waals surface area (Å²) in [5.41, 5.74) is 0. The van der Waals surface area contributed by atoms with E-state index in [2.05, 4.69) is 15.9 Å². The minimum Gasteiger partial charge on any atom is -0.486 e. The summed E-state index contributed by atoms with van der Waals surface area (Å²) < 4.78 is 30.2. The number of ether oxygens (including phenoxy) is 3. The van der Waals surface area contributed by atoms with Crippen molar-refractivity contribution in [1.82, 2.24) is 0 Å². The first-order chi connectivity index (χ1) is 9.22. The van der Waals surface area contributed by atoms with E-state index in [1.165, 1.54) is 12.1 Å². The van der Waals surface area contributed by atoms with Crippen LogP contribution in [0.4, 0.5) is 4.39 Å². The van der Waals surface area contributed by atoms with Crippen molar-refractivity contribution in [2.24, 2.45) is 0 Å². The second-order valence-corrected chi connectivity index (χ2v) is 4.84. The molecule has 1 heterocycles. The number of hydrogen-bond acceptors (Lipinski definition) is 3. The molecule has 0 unspecified atom stereocenters. The van der Waals surface area contributed by atoms with E-state index in [0.29, 0.717) is 36.2 Å². The van der Waals surface area contributed by atoms with E-state index >= 15 is 0 Å². The van der Waals surface area contributed by atoms with Crippen molar-refractivity contribution in [2.75, 3.05) is 13.2 Å². The molecule has 2 aromatic rings. The molecule has 0 N–H and O–H groups in total. The van der Waals surface area contributed by atoms with Crippen molar-refractivity contribution in [3.63, 3.8) is 0 Å². The molecular weight excluding hydrogens is 315 g/mol. The molecule has 0 radical (unpaired) electrons. The van der Waals surface area contributed by atoms with Gasteiger partial charge >= 0.3 is 0 Å². The number of halogens is 2. The third-order valence-corrected chi connectivity index (χ3v) is 3.21. The van der Waals surface area contributed by atoms with E-state index < -0.39 is 0 Å². The van der Waals surface area contributed by atoms with E-state index in [0.717, 1.165) is 4.47 Å². The molecule has 1 aliphatic rings. The van der Waals surface area contributed by atoms with Gasteiger partial charge in [0, 0.05) is 6.07 Å². The second kappa shape index (κ2) is 5.09. The molecular formula is C14H10BrFO3. The van der Waals surface area contributed by atoms with Gasteiger partial charge in [-0.05, 0) is 46.3 Å². The lowest BCUT2D eigenvalue weighted by molar-refractivity contribution is 0.170. The lowest BCUT2D eigenvalue weighted by Gasteiger charge is -2.20. The average Bonchev–Trinajstić information content (AvgIpc) is 2.42. The van der Waals surface area contributed by atoms with Crippen LogP contribution in [0.3, 0.4) is 0 Å². The van der Waals surface area contributed by atoms with Gasteiger partial charge in [0.15, 0.2) is 11.5 Å². The van der Waals surface area contributed by atoms with Crippen LogP contribution in [0.2, 0.25) is 0 Å². The SMILES string of the molecule is Fc1ccc(Oc2cc(Br)c3c(c2)OCCO3)cc1. The molecule has 0 saturated heterocycles. The first-order valence-electron chi connectivity index (χ1n) is 5.75. The first kappa shape index (κ1) is 12.3.